The molecule has 0 aliphatic rings. The second-order valence-corrected chi connectivity index (χ2v) is 4.53. The Labute approximate surface area is 111 Å². The summed E-state index contributed by atoms with van der Waals surface area (Å²) in [5, 5.41) is 6.62. The van der Waals surface area contributed by atoms with Gasteiger partial charge in [0.2, 0.25) is 11.9 Å². The van der Waals surface area contributed by atoms with Crippen LogP contribution in [0.5, 0.6) is 0 Å². The van der Waals surface area contributed by atoms with E-state index in [1.165, 1.54) is 11.0 Å². The van der Waals surface area contributed by atoms with Gasteiger partial charge in [0.1, 0.15) is 6.33 Å². The number of carbonyl (C=O) groups excluding carboxylic acids is 1. The summed E-state index contributed by atoms with van der Waals surface area (Å²) in [6.07, 6.45) is 1.79. The molecule has 1 unspecified atom stereocenters. The third-order valence-corrected chi connectivity index (χ3v) is 2.96. The maximum absolute atomic E-state index is 11.9. The number of nitrogens with one attached hydrogen (secondary N) is 1. The maximum atomic E-state index is 11.9. The Balaban J connectivity index is 1.95. The second-order valence-electron chi connectivity index (χ2n) is 4.53. The number of hydrogen-bond acceptors (Lipinski definition) is 4. The lowest BCUT2D eigenvalue weighted by atomic mass is 9.97. The molecule has 3 N–H and O–H groups in total. The molecule has 0 fully saturated rings. The number of nitrogens with two attached hydrogens (primary N) is 1. The summed E-state index contributed by atoms with van der Waals surface area (Å²) in [5.74, 6) is 0.490. The summed E-state index contributed by atoms with van der Waals surface area (Å²) in [6.45, 7) is 2.00. The van der Waals surface area contributed by atoms with Gasteiger partial charge in [0.15, 0.2) is 0 Å². The van der Waals surface area contributed by atoms with Crippen molar-refractivity contribution in [3.05, 3.63) is 36.2 Å². The molecule has 19 heavy (non-hydrogen) atoms. The van der Waals surface area contributed by atoms with Crippen LogP contribution in [0.3, 0.4) is 0 Å². The molecule has 0 aliphatic heterocycles. The molecule has 1 amide bonds. The van der Waals surface area contributed by atoms with E-state index in [1.54, 1.807) is 7.05 Å². The van der Waals surface area contributed by atoms with Crippen molar-refractivity contribution in [3.8, 4) is 0 Å². The SMILES string of the molecule is CC(CC(=O)Nc1ncnn1C)c1ccc(N)cc1. The van der Waals surface area contributed by atoms with Crippen LogP contribution in [0.1, 0.15) is 24.8 Å². The summed E-state index contributed by atoms with van der Waals surface area (Å²) in [5.41, 5.74) is 7.45. The molecule has 0 spiro atoms. The second kappa shape index (κ2) is 5.51. The van der Waals surface area contributed by atoms with Crippen molar-refractivity contribution in [2.45, 2.75) is 19.3 Å². The highest BCUT2D eigenvalue weighted by atomic mass is 16.1. The summed E-state index contributed by atoms with van der Waals surface area (Å²) in [4.78, 5) is 15.8. The minimum atomic E-state index is -0.0829. The van der Waals surface area contributed by atoms with Crippen molar-refractivity contribution in [1.29, 1.82) is 0 Å². The molecule has 6 heteroatoms. The van der Waals surface area contributed by atoms with Crippen molar-refractivity contribution >= 4 is 17.5 Å². The smallest absolute Gasteiger partial charge is 0.227 e. The van der Waals surface area contributed by atoms with Crippen molar-refractivity contribution in [3.63, 3.8) is 0 Å². The van der Waals surface area contributed by atoms with Gasteiger partial charge in [0, 0.05) is 19.2 Å². The fourth-order valence-corrected chi connectivity index (χ4v) is 1.81. The summed E-state index contributed by atoms with van der Waals surface area (Å²) < 4.78 is 1.52. The Morgan fingerprint density at radius 1 is 1.42 bits per heavy atom. The number of carbonyl (C=O) groups is 1. The highest BCUT2D eigenvalue weighted by Crippen LogP contribution is 2.20. The Kier molecular flexibility index (Phi) is 3.79. The Morgan fingerprint density at radius 2 is 2.11 bits per heavy atom. The van der Waals surface area contributed by atoms with E-state index >= 15 is 0 Å². The number of anilines is 2. The quantitative estimate of drug-likeness (QED) is 0.815. The molecule has 0 bridgehead atoms. The number of nitrogen functional groups attached to an aromatic ring is 1. The van der Waals surface area contributed by atoms with Gasteiger partial charge in [0.25, 0.3) is 0 Å². The molecule has 1 aromatic carbocycles. The predicted octanol–water partition coefficient (Wildman–Crippen LogP) is 1.53. The van der Waals surface area contributed by atoms with E-state index in [2.05, 4.69) is 15.4 Å². The van der Waals surface area contributed by atoms with Crippen LogP contribution < -0.4 is 11.1 Å². The molecular formula is C13H17N5O. The summed E-state index contributed by atoms with van der Waals surface area (Å²) in [6, 6.07) is 7.56. The van der Waals surface area contributed by atoms with Gasteiger partial charge < -0.3 is 5.73 Å². The number of rotatable bonds is 4. The van der Waals surface area contributed by atoms with Crippen molar-refractivity contribution in [2.75, 3.05) is 11.1 Å². The van der Waals surface area contributed by atoms with E-state index < -0.39 is 0 Å². The van der Waals surface area contributed by atoms with Gasteiger partial charge in [-0.1, -0.05) is 19.1 Å². The monoisotopic (exact) mass is 259 g/mol. The fraction of sp³-hybridized carbons (Fsp3) is 0.308. The predicted molar refractivity (Wildman–Crippen MR) is 73.5 cm³/mol. The first-order chi connectivity index (χ1) is 9.06. The lowest BCUT2D eigenvalue weighted by molar-refractivity contribution is -0.116. The number of aryl methyl sites for hydroxylation is 1. The van der Waals surface area contributed by atoms with E-state index in [1.807, 2.05) is 31.2 Å². The zero-order valence-corrected chi connectivity index (χ0v) is 11.0. The minimum absolute atomic E-state index is 0.0829. The summed E-state index contributed by atoms with van der Waals surface area (Å²) in [7, 11) is 1.73. The van der Waals surface area contributed by atoms with Gasteiger partial charge in [0.05, 0.1) is 0 Å². The van der Waals surface area contributed by atoms with Gasteiger partial charge in [-0.3, -0.25) is 10.1 Å². The fourth-order valence-electron chi connectivity index (χ4n) is 1.81. The zero-order valence-electron chi connectivity index (χ0n) is 11.0. The first-order valence-electron chi connectivity index (χ1n) is 6.05. The number of nitrogens with zero attached hydrogens (tertiary/aromatic N) is 3. The molecule has 100 valence electrons. The van der Waals surface area contributed by atoms with Crippen LogP contribution in [0.2, 0.25) is 0 Å². The molecular weight excluding hydrogens is 242 g/mol. The first kappa shape index (κ1) is 13.1. The van der Waals surface area contributed by atoms with E-state index in [4.69, 9.17) is 5.73 Å². The molecule has 0 saturated heterocycles. The van der Waals surface area contributed by atoms with Crippen molar-refractivity contribution < 1.29 is 4.79 Å². The van der Waals surface area contributed by atoms with Crippen LogP contribution in [0.25, 0.3) is 0 Å². The van der Waals surface area contributed by atoms with Crippen molar-refractivity contribution in [1.82, 2.24) is 14.8 Å². The van der Waals surface area contributed by atoms with E-state index in [0.29, 0.717) is 12.4 Å². The topological polar surface area (TPSA) is 85.8 Å². The van der Waals surface area contributed by atoms with E-state index in [0.717, 1.165) is 11.3 Å². The average molecular weight is 259 g/mol. The molecule has 6 nitrogen and oxygen atoms in total. The average Bonchev–Trinajstić information content (AvgIpc) is 2.75. The van der Waals surface area contributed by atoms with Crippen molar-refractivity contribution in [2.24, 2.45) is 7.05 Å². The van der Waals surface area contributed by atoms with Gasteiger partial charge in [-0.05, 0) is 23.6 Å². The van der Waals surface area contributed by atoms with Gasteiger partial charge in [-0.25, -0.2) is 4.68 Å². The lowest BCUT2D eigenvalue weighted by Gasteiger charge is -2.11. The molecule has 0 radical (unpaired) electrons. The van der Waals surface area contributed by atoms with E-state index in [9.17, 15) is 4.79 Å². The standard InChI is InChI=1S/C13H17N5O/c1-9(10-3-5-11(14)6-4-10)7-12(19)17-13-15-8-16-18(13)2/h3-6,8-9H,7,14H2,1-2H3,(H,15,16,17,19). The van der Waals surface area contributed by atoms with Gasteiger partial charge in [-0.2, -0.15) is 10.1 Å². The molecule has 1 aromatic heterocycles. The van der Waals surface area contributed by atoms with Crippen LogP contribution >= 0.6 is 0 Å². The van der Waals surface area contributed by atoms with Crippen LogP contribution in [0.15, 0.2) is 30.6 Å². The minimum Gasteiger partial charge on any atom is -0.399 e. The van der Waals surface area contributed by atoms with Crippen LogP contribution in [0.4, 0.5) is 11.6 Å². The third-order valence-electron chi connectivity index (χ3n) is 2.96. The molecule has 1 atom stereocenters. The molecule has 2 aromatic rings. The van der Waals surface area contributed by atoms with E-state index in [-0.39, 0.29) is 11.8 Å². The highest BCUT2D eigenvalue weighted by Gasteiger charge is 2.13. The Morgan fingerprint density at radius 3 is 2.68 bits per heavy atom. The highest BCUT2D eigenvalue weighted by molar-refractivity contribution is 5.89. The normalized spacial score (nSPS) is 12.1. The number of benzene rings is 1. The molecule has 0 aliphatic carbocycles. The van der Waals surface area contributed by atoms with Gasteiger partial charge >= 0.3 is 0 Å². The van der Waals surface area contributed by atoms with Crippen LogP contribution in [0, 0.1) is 0 Å². The number of amides is 1. The zero-order chi connectivity index (χ0) is 13.8. The van der Waals surface area contributed by atoms with Crippen LogP contribution in [-0.4, -0.2) is 20.7 Å². The maximum Gasteiger partial charge on any atom is 0.227 e. The molecule has 2 rings (SSSR count). The third kappa shape index (κ3) is 3.31. The first-order valence-corrected chi connectivity index (χ1v) is 6.05. The van der Waals surface area contributed by atoms with Gasteiger partial charge in [-0.15, -0.1) is 0 Å². The Bertz CT molecular complexity index is 561. The number of aromatic nitrogens is 3. The largest absolute Gasteiger partial charge is 0.399 e. The molecule has 0 saturated carbocycles. The Hall–Kier alpha value is -2.37. The number of hydrogen-bond donors (Lipinski definition) is 2. The molecule has 1 heterocycles. The summed E-state index contributed by atoms with van der Waals surface area (Å²) >= 11 is 0. The van der Waals surface area contributed by atoms with Crippen LogP contribution in [-0.2, 0) is 11.8 Å². The lowest BCUT2D eigenvalue weighted by Crippen LogP contribution is -2.17.